The van der Waals surface area contributed by atoms with E-state index in [0.717, 1.165) is 70.3 Å². The molecule has 1 atom stereocenters. The van der Waals surface area contributed by atoms with Gasteiger partial charge in [-0.1, -0.05) is 30.7 Å². The number of ether oxygens (including phenoxy) is 1. The average Bonchev–Trinajstić information content (AvgIpc) is 2.93. The minimum atomic E-state index is -0.669. The number of carbonyl (C=O) groups is 1. The maximum Gasteiger partial charge on any atom is 0.320 e. The van der Waals surface area contributed by atoms with Crippen LogP contribution in [0.25, 0.3) is 0 Å². The van der Waals surface area contributed by atoms with E-state index >= 15 is 0 Å². The van der Waals surface area contributed by atoms with Crippen LogP contribution in [0.2, 0.25) is 0 Å². The lowest BCUT2D eigenvalue weighted by Crippen LogP contribution is -2.45. The molecule has 30 heavy (non-hydrogen) atoms. The number of para-hydroxylation sites is 1. The van der Waals surface area contributed by atoms with Crippen molar-refractivity contribution in [1.29, 1.82) is 0 Å². The molecule has 4 rings (SSSR count). The van der Waals surface area contributed by atoms with Gasteiger partial charge >= 0.3 is 5.97 Å². The van der Waals surface area contributed by atoms with Gasteiger partial charge in [0.2, 0.25) is 0 Å². The van der Waals surface area contributed by atoms with Crippen LogP contribution in [-0.4, -0.2) is 48.8 Å². The highest BCUT2D eigenvalue weighted by atomic mass is 16.5. The van der Waals surface area contributed by atoms with Crippen molar-refractivity contribution in [2.75, 3.05) is 31.6 Å². The van der Waals surface area contributed by atoms with E-state index in [4.69, 9.17) is 4.74 Å². The largest absolute Gasteiger partial charge is 0.497 e. The van der Waals surface area contributed by atoms with Crippen LogP contribution in [0, 0.1) is 0 Å². The minimum Gasteiger partial charge on any atom is -0.497 e. The molecule has 2 heterocycles. The molecule has 0 aliphatic carbocycles. The first-order valence-corrected chi connectivity index (χ1v) is 11.2. The average molecular weight is 409 g/mol. The Bertz CT molecular complexity index is 882. The van der Waals surface area contributed by atoms with E-state index in [9.17, 15) is 9.90 Å². The summed E-state index contributed by atoms with van der Waals surface area (Å²) in [6.07, 6.45) is 7.01. The number of aliphatic carboxylic acids is 1. The summed E-state index contributed by atoms with van der Waals surface area (Å²) in [6, 6.07) is 14.8. The zero-order chi connectivity index (χ0) is 20.9. The third-order valence-corrected chi connectivity index (χ3v) is 6.51. The van der Waals surface area contributed by atoms with Crippen molar-refractivity contribution in [1.82, 2.24) is 4.90 Å². The fraction of sp³-hybridized carbons (Fsp3) is 0.480. The van der Waals surface area contributed by atoms with Crippen LogP contribution in [0.4, 0.5) is 11.4 Å². The standard InChI is InChI=1S/C25H32N2O3/c1-30-21-14-13-20-12-11-19-8-2-3-9-22(19)27(24(20)18-21)17-7-6-16-26-15-5-4-10-23(26)25(28)29/h2-3,8-9,13-14,18,23H,4-7,10-12,15-17H2,1H3,(H,28,29)/t23-/m1/s1. The fourth-order valence-electron chi connectivity index (χ4n) is 4.88. The molecular weight excluding hydrogens is 376 g/mol. The third kappa shape index (κ3) is 4.46. The second kappa shape index (κ2) is 9.52. The first-order chi connectivity index (χ1) is 14.7. The summed E-state index contributed by atoms with van der Waals surface area (Å²) >= 11 is 0. The minimum absolute atomic E-state index is 0.303. The van der Waals surface area contributed by atoms with Gasteiger partial charge in [-0.25, -0.2) is 0 Å². The van der Waals surface area contributed by atoms with Gasteiger partial charge in [-0.2, -0.15) is 0 Å². The smallest absolute Gasteiger partial charge is 0.320 e. The van der Waals surface area contributed by atoms with E-state index in [1.54, 1.807) is 7.11 Å². The Hall–Kier alpha value is -2.53. The molecule has 2 aliphatic rings. The lowest BCUT2D eigenvalue weighted by atomic mass is 10.0. The Kier molecular flexibility index (Phi) is 6.58. The van der Waals surface area contributed by atoms with Gasteiger partial charge in [-0.15, -0.1) is 0 Å². The molecule has 1 saturated heterocycles. The summed E-state index contributed by atoms with van der Waals surface area (Å²) in [4.78, 5) is 16.2. The Morgan fingerprint density at radius 1 is 1.03 bits per heavy atom. The van der Waals surface area contributed by atoms with Crippen LogP contribution in [0.3, 0.4) is 0 Å². The van der Waals surface area contributed by atoms with Gasteiger partial charge < -0.3 is 14.7 Å². The number of benzene rings is 2. The molecule has 5 nitrogen and oxygen atoms in total. The number of fused-ring (bicyclic) bond motifs is 2. The summed E-state index contributed by atoms with van der Waals surface area (Å²) in [7, 11) is 1.72. The monoisotopic (exact) mass is 408 g/mol. The van der Waals surface area contributed by atoms with Crippen molar-refractivity contribution < 1.29 is 14.6 Å². The number of anilines is 2. The number of aryl methyl sites for hydroxylation is 2. The zero-order valence-electron chi connectivity index (χ0n) is 17.8. The van der Waals surface area contributed by atoms with Gasteiger partial charge in [0, 0.05) is 24.0 Å². The molecule has 0 bridgehead atoms. The Labute approximate surface area is 179 Å². The number of nitrogens with zero attached hydrogens (tertiary/aromatic N) is 2. The predicted molar refractivity (Wildman–Crippen MR) is 120 cm³/mol. The van der Waals surface area contributed by atoms with Crippen molar-refractivity contribution in [2.45, 2.75) is 51.0 Å². The highest BCUT2D eigenvalue weighted by Crippen LogP contribution is 2.38. The van der Waals surface area contributed by atoms with E-state index in [2.05, 4.69) is 52.3 Å². The highest BCUT2D eigenvalue weighted by Gasteiger charge is 2.28. The van der Waals surface area contributed by atoms with Gasteiger partial charge in [0.05, 0.1) is 7.11 Å². The Morgan fingerprint density at radius 2 is 1.80 bits per heavy atom. The van der Waals surface area contributed by atoms with Crippen LogP contribution >= 0.6 is 0 Å². The van der Waals surface area contributed by atoms with E-state index < -0.39 is 5.97 Å². The SMILES string of the molecule is COc1ccc2c(c1)N(CCCCN1CCCC[C@@H]1C(=O)O)c1ccccc1CC2. The van der Waals surface area contributed by atoms with Gasteiger partial charge in [0.25, 0.3) is 0 Å². The summed E-state index contributed by atoms with van der Waals surface area (Å²) in [5.74, 6) is 0.216. The van der Waals surface area contributed by atoms with Crippen molar-refractivity contribution in [3.8, 4) is 5.75 Å². The first kappa shape index (κ1) is 20.7. The van der Waals surface area contributed by atoms with Crippen LogP contribution in [-0.2, 0) is 17.6 Å². The number of piperidine rings is 1. The normalized spacial score (nSPS) is 19.0. The van der Waals surface area contributed by atoms with Crippen molar-refractivity contribution in [3.05, 3.63) is 53.6 Å². The molecular formula is C25H32N2O3. The van der Waals surface area contributed by atoms with Gasteiger partial charge in [-0.05, 0) is 74.9 Å². The summed E-state index contributed by atoms with van der Waals surface area (Å²) < 4.78 is 5.51. The molecule has 5 heteroatoms. The maximum absolute atomic E-state index is 11.6. The summed E-state index contributed by atoms with van der Waals surface area (Å²) in [5.41, 5.74) is 5.26. The first-order valence-electron chi connectivity index (χ1n) is 11.2. The number of hydrogen-bond donors (Lipinski definition) is 1. The van der Waals surface area contributed by atoms with Gasteiger partial charge in [0.1, 0.15) is 11.8 Å². The van der Waals surface area contributed by atoms with Crippen molar-refractivity contribution in [2.24, 2.45) is 0 Å². The maximum atomic E-state index is 11.6. The highest BCUT2D eigenvalue weighted by molar-refractivity contribution is 5.73. The summed E-state index contributed by atoms with van der Waals surface area (Å²) in [5, 5.41) is 9.51. The fourth-order valence-corrected chi connectivity index (χ4v) is 4.88. The molecule has 1 fully saturated rings. The number of likely N-dealkylation sites (tertiary alicyclic amines) is 1. The van der Waals surface area contributed by atoms with E-state index in [-0.39, 0.29) is 6.04 Å². The Balaban J connectivity index is 1.48. The molecule has 2 aliphatic heterocycles. The van der Waals surface area contributed by atoms with Crippen LogP contribution < -0.4 is 9.64 Å². The molecule has 0 amide bonds. The van der Waals surface area contributed by atoms with E-state index in [1.165, 1.54) is 22.5 Å². The molecule has 0 unspecified atom stereocenters. The number of carboxylic acids is 1. The Morgan fingerprint density at radius 3 is 2.60 bits per heavy atom. The lowest BCUT2D eigenvalue weighted by Gasteiger charge is -2.33. The third-order valence-electron chi connectivity index (χ3n) is 6.51. The molecule has 2 aromatic rings. The van der Waals surface area contributed by atoms with E-state index in [0.29, 0.717) is 0 Å². The van der Waals surface area contributed by atoms with E-state index in [1.807, 2.05) is 0 Å². The van der Waals surface area contributed by atoms with Crippen LogP contribution in [0.15, 0.2) is 42.5 Å². The van der Waals surface area contributed by atoms with Crippen molar-refractivity contribution in [3.63, 3.8) is 0 Å². The zero-order valence-corrected chi connectivity index (χ0v) is 17.8. The number of carboxylic acid groups (broad SMARTS) is 1. The molecule has 0 spiro atoms. The predicted octanol–water partition coefficient (Wildman–Crippen LogP) is 4.65. The lowest BCUT2D eigenvalue weighted by molar-refractivity contribution is -0.144. The second-order valence-electron chi connectivity index (χ2n) is 8.37. The summed E-state index contributed by atoms with van der Waals surface area (Å²) in [6.45, 7) is 2.68. The molecule has 0 saturated carbocycles. The van der Waals surface area contributed by atoms with Gasteiger partial charge in [-0.3, -0.25) is 9.69 Å². The van der Waals surface area contributed by atoms with Crippen LogP contribution in [0.5, 0.6) is 5.75 Å². The molecule has 2 aromatic carbocycles. The van der Waals surface area contributed by atoms with Gasteiger partial charge in [0.15, 0.2) is 0 Å². The number of hydrogen-bond acceptors (Lipinski definition) is 4. The molecule has 0 aromatic heterocycles. The number of rotatable bonds is 7. The topological polar surface area (TPSA) is 53.0 Å². The molecule has 1 N–H and O–H groups in total. The quantitative estimate of drug-likeness (QED) is 0.676. The number of unbranched alkanes of at least 4 members (excludes halogenated alkanes) is 1. The molecule has 160 valence electrons. The van der Waals surface area contributed by atoms with Crippen LogP contribution in [0.1, 0.15) is 43.2 Å². The molecule has 0 radical (unpaired) electrons. The number of methoxy groups -OCH3 is 1. The van der Waals surface area contributed by atoms with Crippen molar-refractivity contribution >= 4 is 17.3 Å². The second-order valence-corrected chi connectivity index (χ2v) is 8.37.